The number of hydrogen-bond donors (Lipinski definition) is 1. The highest BCUT2D eigenvalue weighted by Gasteiger charge is 2.47. The molecule has 1 N–H and O–H groups in total. The number of fused-ring (bicyclic) bond motifs is 1. The van der Waals surface area contributed by atoms with Gasteiger partial charge in [-0.15, -0.1) is 13.2 Å². The highest BCUT2D eigenvalue weighted by molar-refractivity contribution is 7.91. The van der Waals surface area contributed by atoms with E-state index < -0.39 is 38.6 Å². The van der Waals surface area contributed by atoms with Crippen LogP contribution in [-0.4, -0.2) is 40.2 Å². The van der Waals surface area contributed by atoms with Crippen molar-refractivity contribution < 1.29 is 45.0 Å². The Morgan fingerprint density at radius 3 is 2.62 bits per heavy atom. The summed E-state index contributed by atoms with van der Waals surface area (Å²) in [6.45, 7) is 6.13. The third-order valence-corrected chi connectivity index (χ3v) is 8.35. The maximum atomic E-state index is 14.4. The Labute approximate surface area is 228 Å². The molecule has 0 aliphatic heterocycles. The minimum atomic E-state index is -4.94. The number of hydrogen-bond acceptors (Lipinski definition) is 8. The van der Waals surface area contributed by atoms with Gasteiger partial charge < -0.3 is 23.9 Å². The van der Waals surface area contributed by atoms with Gasteiger partial charge in [0.25, 0.3) is 10.0 Å². The Balaban J connectivity index is 1.77. The lowest BCUT2D eigenvalue weighted by Gasteiger charge is -2.33. The zero-order valence-corrected chi connectivity index (χ0v) is 22.9. The van der Waals surface area contributed by atoms with E-state index in [1.807, 2.05) is 0 Å². The van der Waals surface area contributed by atoms with Crippen LogP contribution in [0.2, 0.25) is 0 Å². The van der Waals surface area contributed by atoms with Gasteiger partial charge in [0, 0.05) is 5.39 Å². The first-order valence-corrected chi connectivity index (χ1v) is 13.5. The van der Waals surface area contributed by atoms with Gasteiger partial charge in [0.2, 0.25) is 0 Å². The number of carbonyl (C=O) groups excluding carboxylic acids is 1. The van der Waals surface area contributed by atoms with Gasteiger partial charge in [-0.25, -0.2) is 22.2 Å². The van der Waals surface area contributed by atoms with Crippen LogP contribution in [0.3, 0.4) is 0 Å². The SMILES string of the molecule is CC(C)(C)OC(=O)NCc1cc2cc(OC(F)(F)F)ccc2n1S(=O)(=O)C1(C)CC=CC=C1OCc1cocn1. The summed E-state index contributed by atoms with van der Waals surface area (Å²) >= 11 is 0. The summed E-state index contributed by atoms with van der Waals surface area (Å²) < 4.78 is 86.8. The monoisotopic (exact) mass is 583 g/mol. The van der Waals surface area contributed by atoms with Gasteiger partial charge in [-0.1, -0.05) is 12.2 Å². The second-order valence-corrected chi connectivity index (χ2v) is 12.4. The first-order chi connectivity index (χ1) is 18.6. The fourth-order valence-electron chi connectivity index (χ4n) is 4.13. The maximum Gasteiger partial charge on any atom is 0.573 e. The van der Waals surface area contributed by atoms with E-state index in [1.54, 1.807) is 32.9 Å². The van der Waals surface area contributed by atoms with Gasteiger partial charge in [0.1, 0.15) is 40.4 Å². The molecule has 14 heteroatoms. The average Bonchev–Trinajstić information content (AvgIpc) is 3.47. The number of nitrogens with one attached hydrogen (secondary N) is 1. The summed E-state index contributed by atoms with van der Waals surface area (Å²) in [4.78, 5) is 16.3. The smallest absolute Gasteiger partial charge is 0.490 e. The van der Waals surface area contributed by atoms with Crippen molar-refractivity contribution in [3.8, 4) is 5.75 Å². The van der Waals surface area contributed by atoms with Crippen LogP contribution < -0.4 is 10.1 Å². The van der Waals surface area contributed by atoms with E-state index in [-0.39, 0.29) is 41.9 Å². The zero-order chi connectivity index (χ0) is 29.3. The third kappa shape index (κ3) is 6.27. The highest BCUT2D eigenvalue weighted by Crippen LogP contribution is 2.39. The molecule has 3 aromatic rings. The van der Waals surface area contributed by atoms with Crippen LogP contribution in [0, 0.1) is 0 Å². The van der Waals surface area contributed by atoms with Crippen LogP contribution in [0.25, 0.3) is 10.9 Å². The van der Waals surface area contributed by atoms with Crippen molar-refractivity contribution in [1.29, 1.82) is 0 Å². The lowest BCUT2D eigenvalue weighted by atomic mass is 10.00. The molecule has 0 saturated heterocycles. The standard InChI is InChI=1S/C26H28F3N3O7S/c1-24(2,3)39-23(33)30-13-19-11-17-12-20(38-26(27,28)29)8-9-21(17)32(19)40(34,35)25(4)10-6-5-7-22(25)37-15-18-14-36-16-31-18/h5-9,11-12,14,16H,10,13,15H2,1-4H3,(H,30,33). The van der Waals surface area contributed by atoms with E-state index in [0.29, 0.717) is 5.69 Å². The van der Waals surface area contributed by atoms with E-state index in [1.165, 1.54) is 37.8 Å². The largest absolute Gasteiger partial charge is 0.573 e. The molecule has 4 rings (SSSR count). The molecule has 1 aliphatic carbocycles. The number of alkyl carbamates (subject to hydrolysis) is 1. The number of alkyl halides is 3. The first-order valence-electron chi connectivity index (χ1n) is 12.1. The Bertz CT molecular complexity index is 1550. The summed E-state index contributed by atoms with van der Waals surface area (Å²) in [5.74, 6) is -0.396. The Kier molecular flexibility index (Phi) is 7.67. The number of oxazole rings is 1. The molecule has 2 heterocycles. The second kappa shape index (κ2) is 10.6. The fraction of sp³-hybridized carbons (Fsp3) is 0.385. The molecule has 0 saturated carbocycles. The van der Waals surface area contributed by atoms with E-state index in [2.05, 4.69) is 15.0 Å². The van der Waals surface area contributed by atoms with Crippen molar-refractivity contribution in [3.63, 3.8) is 0 Å². The zero-order valence-electron chi connectivity index (χ0n) is 22.1. The number of carbonyl (C=O) groups is 1. The van der Waals surface area contributed by atoms with Gasteiger partial charge >= 0.3 is 12.5 Å². The van der Waals surface area contributed by atoms with Crippen molar-refractivity contribution in [2.45, 2.75) is 64.0 Å². The third-order valence-electron chi connectivity index (χ3n) is 5.93. The summed E-state index contributed by atoms with van der Waals surface area (Å²) in [5, 5.41) is 2.66. The number of ether oxygens (including phenoxy) is 3. The minimum Gasteiger partial charge on any atom is -0.490 e. The quantitative estimate of drug-likeness (QED) is 0.366. The highest BCUT2D eigenvalue weighted by atomic mass is 32.2. The van der Waals surface area contributed by atoms with Crippen molar-refractivity contribution in [1.82, 2.24) is 14.3 Å². The average molecular weight is 584 g/mol. The van der Waals surface area contributed by atoms with Gasteiger partial charge in [0.05, 0.1) is 17.8 Å². The fourth-order valence-corrected chi connectivity index (χ4v) is 6.07. The lowest BCUT2D eigenvalue weighted by Crippen LogP contribution is -2.43. The molecule has 1 aliphatic rings. The van der Waals surface area contributed by atoms with Crippen LogP contribution in [0.5, 0.6) is 5.75 Å². The van der Waals surface area contributed by atoms with Gasteiger partial charge in [-0.3, -0.25) is 0 Å². The molecule has 1 atom stereocenters. The molecular weight excluding hydrogens is 555 g/mol. The predicted octanol–water partition coefficient (Wildman–Crippen LogP) is 5.55. The normalized spacial score (nSPS) is 17.9. The van der Waals surface area contributed by atoms with Crippen LogP contribution in [0.4, 0.5) is 18.0 Å². The number of nitrogens with zero attached hydrogens (tertiary/aromatic N) is 2. The first kappa shape index (κ1) is 29.1. The Hall–Kier alpha value is -3.94. The molecule has 0 radical (unpaired) electrons. The predicted molar refractivity (Wildman–Crippen MR) is 138 cm³/mol. The Morgan fingerprint density at radius 2 is 1.98 bits per heavy atom. The number of aromatic nitrogens is 2. The molecule has 0 spiro atoms. The van der Waals surface area contributed by atoms with Crippen molar-refractivity contribution in [2.75, 3.05) is 0 Å². The van der Waals surface area contributed by atoms with E-state index in [4.69, 9.17) is 13.9 Å². The lowest BCUT2D eigenvalue weighted by molar-refractivity contribution is -0.274. The number of amides is 1. The van der Waals surface area contributed by atoms with Crippen molar-refractivity contribution in [2.24, 2.45) is 0 Å². The molecule has 1 aromatic carbocycles. The molecule has 10 nitrogen and oxygen atoms in total. The van der Waals surface area contributed by atoms with Gasteiger partial charge in [0.15, 0.2) is 6.39 Å². The second-order valence-electron chi connectivity index (χ2n) is 10.2. The molecule has 40 heavy (non-hydrogen) atoms. The number of rotatable bonds is 8. The number of halogens is 3. The van der Waals surface area contributed by atoms with E-state index in [0.717, 1.165) is 16.1 Å². The summed E-state index contributed by atoms with van der Waals surface area (Å²) in [6, 6.07) is 4.68. The molecular formula is C26H28F3N3O7S. The van der Waals surface area contributed by atoms with Crippen molar-refractivity contribution >= 4 is 27.0 Å². The van der Waals surface area contributed by atoms with Crippen LogP contribution >= 0.6 is 0 Å². The molecule has 2 aromatic heterocycles. The summed E-state index contributed by atoms with van der Waals surface area (Å²) in [6.07, 6.45) is 1.74. The Morgan fingerprint density at radius 1 is 1.23 bits per heavy atom. The summed E-state index contributed by atoms with van der Waals surface area (Å²) in [7, 11) is -4.37. The minimum absolute atomic E-state index is 0.0356. The molecule has 0 bridgehead atoms. The van der Waals surface area contributed by atoms with Gasteiger partial charge in [-0.05, 0) is 64.5 Å². The van der Waals surface area contributed by atoms with E-state index in [9.17, 15) is 26.4 Å². The van der Waals surface area contributed by atoms with Crippen molar-refractivity contribution in [3.05, 3.63) is 72.3 Å². The van der Waals surface area contributed by atoms with Crippen LogP contribution in [-0.2, 0) is 32.6 Å². The van der Waals surface area contributed by atoms with Gasteiger partial charge in [-0.2, -0.15) is 0 Å². The molecule has 1 amide bonds. The topological polar surface area (TPSA) is 122 Å². The number of allylic oxidation sites excluding steroid dienone is 3. The molecule has 0 fully saturated rings. The molecule has 1 unspecified atom stereocenters. The number of benzene rings is 1. The maximum absolute atomic E-state index is 14.4. The van der Waals surface area contributed by atoms with E-state index >= 15 is 0 Å². The van der Waals surface area contributed by atoms with Crippen LogP contribution in [0.1, 0.15) is 45.5 Å². The van der Waals surface area contributed by atoms with Crippen LogP contribution in [0.15, 0.2) is 65.3 Å². The summed E-state index contributed by atoms with van der Waals surface area (Å²) in [5.41, 5.74) is -0.199. The molecule has 216 valence electrons.